The Labute approximate surface area is 140 Å². The van der Waals surface area contributed by atoms with Crippen LogP contribution in [-0.2, 0) is 12.8 Å². The Morgan fingerprint density at radius 1 is 0.958 bits per heavy atom. The van der Waals surface area contributed by atoms with Gasteiger partial charge in [-0.1, -0.05) is 37.3 Å². The zero-order valence-electron chi connectivity index (χ0n) is 13.4. The van der Waals surface area contributed by atoms with Crippen molar-refractivity contribution in [3.8, 4) is 11.4 Å². The van der Waals surface area contributed by atoms with E-state index in [1.807, 2.05) is 53.5 Å². The smallest absolute Gasteiger partial charge is 0.159 e. The van der Waals surface area contributed by atoms with E-state index in [1.165, 1.54) is 5.56 Å². The van der Waals surface area contributed by atoms with Crippen LogP contribution in [0.4, 0.5) is 0 Å². The van der Waals surface area contributed by atoms with E-state index in [0.29, 0.717) is 6.42 Å². The maximum Gasteiger partial charge on any atom is 0.159 e. The van der Waals surface area contributed by atoms with Gasteiger partial charge in [0.15, 0.2) is 5.65 Å². The summed E-state index contributed by atoms with van der Waals surface area (Å²) in [6, 6.07) is 12.2. The zero-order valence-corrected chi connectivity index (χ0v) is 13.4. The lowest BCUT2D eigenvalue weighted by atomic mass is 10.1. The highest BCUT2D eigenvalue weighted by Gasteiger charge is 2.11. The number of hydrogen-bond acceptors (Lipinski definition) is 4. The molecule has 0 aliphatic carbocycles. The fraction of sp³-hybridized carbons (Fsp3) is 0.158. The van der Waals surface area contributed by atoms with Crippen molar-refractivity contribution in [3.63, 3.8) is 0 Å². The number of aryl methyl sites for hydroxylation is 1. The normalized spacial score (nSPS) is 11.0. The van der Waals surface area contributed by atoms with Crippen LogP contribution in [0.25, 0.3) is 17.0 Å². The minimum atomic E-state index is 0.715. The van der Waals surface area contributed by atoms with Crippen molar-refractivity contribution >= 4 is 5.65 Å². The van der Waals surface area contributed by atoms with Gasteiger partial charge in [-0.15, -0.1) is 0 Å². The summed E-state index contributed by atoms with van der Waals surface area (Å²) in [5, 5.41) is 0. The number of nitrogens with zero attached hydrogens (tertiary/aromatic N) is 5. The van der Waals surface area contributed by atoms with E-state index in [1.54, 1.807) is 0 Å². The molecule has 3 heterocycles. The minimum Gasteiger partial charge on any atom is -0.295 e. The van der Waals surface area contributed by atoms with Crippen LogP contribution in [0.1, 0.15) is 24.0 Å². The average molecular weight is 315 g/mol. The van der Waals surface area contributed by atoms with E-state index in [9.17, 15) is 0 Å². The lowest BCUT2D eigenvalue weighted by Crippen LogP contribution is -2.00. The Morgan fingerprint density at radius 3 is 2.67 bits per heavy atom. The molecule has 4 aromatic rings. The van der Waals surface area contributed by atoms with E-state index in [4.69, 9.17) is 4.98 Å². The van der Waals surface area contributed by atoms with Gasteiger partial charge in [0.05, 0.1) is 23.3 Å². The average Bonchev–Trinajstić information content (AvgIpc) is 3.07. The molecule has 5 nitrogen and oxygen atoms in total. The van der Waals surface area contributed by atoms with Crippen LogP contribution >= 0.6 is 0 Å². The lowest BCUT2D eigenvalue weighted by Gasteiger charge is -2.05. The highest BCUT2D eigenvalue weighted by Crippen LogP contribution is 2.20. The molecule has 0 aliphatic rings. The second-order valence-corrected chi connectivity index (χ2v) is 5.59. The van der Waals surface area contributed by atoms with E-state index in [0.717, 1.165) is 35.0 Å². The SMILES string of the molecule is CCc1nccn2c(-c3ccnc(Cc4ccccc4)n3)cnc12. The quantitative estimate of drug-likeness (QED) is 0.579. The molecular formula is C19H17N5. The van der Waals surface area contributed by atoms with Crippen molar-refractivity contribution in [3.05, 3.63) is 78.3 Å². The van der Waals surface area contributed by atoms with Gasteiger partial charge >= 0.3 is 0 Å². The fourth-order valence-electron chi connectivity index (χ4n) is 2.82. The van der Waals surface area contributed by atoms with Gasteiger partial charge in [0.1, 0.15) is 5.82 Å². The molecule has 0 amide bonds. The van der Waals surface area contributed by atoms with Gasteiger partial charge < -0.3 is 0 Å². The van der Waals surface area contributed by atoms with Crippen LogP contribution < -0.4 is 0 Å². The first-order valence-electron chi connectivity index (χ1n) is 8.02. The second kappa shape index (κ2) is 6.20. The molecule has 0 saturated heterocycles. The van der Waals surface area contributed by atoms with Crippen LogP contribution in [0.2, 0.25) is 0 Å². The highest BCUT2D eigenvalue weighted by atomic mass is 15.0. The molecule has 24 heavy (non-hydrogen) atoms. The Morgan fingerprint density at radius 2 is 1.83 bits per heavy atom. The lowest BCUT2D eigenvalue weighted by molar-refractivity contribution is 0.961. The molecule has 5 heteroatoms. The molecule has 0 unspecified atom stereocenters. The minimum absolute atomic E-state index is 0.715. The second-order valence-electron chi connectivity index (χ2n) is 5.59. The summed E-state index contributed by atoms with van der Waals surface area (Å²) >= 11 is 0. The first kappa shape index (κ1) is 14.5. The third kappa shape index (κ3) is 2.65. The Kier molecular flexibility index (Phi) is 3.75. The molecule has 0 bridgehead atoms. The molecule has 0 fully saturated rings. The molecule has 0 aliphatic heterocycles. The largest absolute Gasteiger partial charge is 0.295 e. The van der Waals surface area contributed by atoms with E-state index in [-0.39, 0.29) is 0 Å². The Bertz CT molecular complexity index is 975. The van der Waals surface area contributed by atoms with Crippen LogP contribution in [0.15, 0.2) is 61.2 Å². The van der Waals surface area contributed by atoms with Crippen LogP contribution in [0, 0.1) is 0 Å². The van der Waals surface area contributed by atoms with Crippen molar-refractivity contribution < 1.29 is 0 Å². The molecule has 0 atom stereocenters. The number of hydrogen-bond donors (Lipinski definition) is 0. The van der Waals surface area contributed by atoms with Crippen LogP contribution in [0.5, 0.6) is 0 Å². The van der Waals surface area contributed by atoms with Crippen molar-refractivity contribution in [2.24, 2.45) is 0 Å². The summed E-state index contributed by atoms with van der Waals surface area (Å²) in [6.45, 7) is 2.08. The number of aromatic nitrogens is 5. The summed E-state index contributed by atoms with van der Waals surface area (Å²) < 4.78 is 2.04. The number of fused-ring (bicyclic) bond motifs is 1. The number of imidazole rings is 1. The maximum absolute atomic E-state index is 4.72. The Balaban J connectivity index is 1.74. The standard InChI is InChI=1S/C19H17N5/c1-2-15-19-22-13-17(24(19)11-10-20-15)16-8-9-21-18(23-16)12-14-6-4-3-5-7-14/h3-11,13H,2,12H2,1H3. The predicted octanol–water partition coefficient (Wildman–Crippen LogP) is 3.34. The van der Waals surface area contributed by atoms with Crippen molar-refractivity contribution in [2.45, 2.75) is 19.8 Å². The van der Waals surface area contributed by atoms with Gasteiger partial charge in [0, 0.05) is 25.0 Å². The number of rotatable bonds is 4. The molecule has 3 aromatic heterocycles. The van der Waals surface area contributed by atoms with Gasteiger partial charge in [0.25, 0.3) is 0 Å². The molecule has 0 saturated carbocycles. The van der Waals surface area contributed by atoms with Gasteiger partial charge in [-0.3, -0.25) is 9.38 Å². The maximum atomic E-state index is 4.72. The van der Waals surface area contributed by atoms with Gasteiger partial charge in [0.2, 0.25) is 0 Å². The molecule has 0 radical (unpaired) electrons. The summed E-state index contributed by atoms with van der Waals surface area (Å²) in [4.78, 5) is 18.0. The Hall–Kier alpha value is -3.08. The van der Waals surface area contributed by atoms with Gasteiger partial charge in [-0.05, 0) is 18.1 Å². The van der Waals surface area contributed by atoms with Crippen LogP contribution in [0.3, 0.4) is 0 Å². The summed E-state index contributed by atoms with van der Waals surface area (Å²) in [5.41, 5.74) is 4.90. The zero-order chi connectivity index (χ0) is 16.4. The third-order valence-corrected chi connectivity index (χ3v) is 4.01. The molecule has 4 rings (SSSR count). The van der Waals surface area contributed by atoms with Gasteiger partial charge in [-0.25, -0.2) is 15.0 Å². The monoisotopic (exact) mass is 315 g/mol. The van der Waals surface area contributed by atoms with Crippen molar-refractivity contribution in [1.29, 1.82) is 0 Å². The molecule has 1 aromatic carbocycles. The number of benzene rings is 1. The topological polar surface area (TPSA) is 56.0 Å². The van der Waals surface area contributed by atoms with E-state index < -0.39 is 0 Å². The third-order valence-electron chi connectivity index (χ3n) is 4.01. The first-order chi connectivity index (χ1) is 11.8. The van der Waals surface area contributed by atoms with Crippen molar-refractivity contribution in [1.82, 2.24) is 24.3 Å². The first-order valence-corrected chi connectivity index (χ1v) is 8.02. The van der Waals surface area contributed by atoms with Gasteiger partial charge in [-0.2, -0.15) is 0 Å². The summed E-state index contributed by atoms with van der Waals surface area (Å²) in [5.74, 6) is 0.804. The van der Waals surface area contributed by atoms with Crippen LogP contribution in [-0.4, -0.2) is 24.3 Å². The fourth-order valence-corrected chi connectivity index (χ4v) is 2.82. The highest BCUT2D eigenvalue weighted by molar-refractivity contribution is 5.61. The molecule has 0 spiro atoms. The predicted molar refractivity (Wildman–Crippen MR) is 92.6 cm³/mol. The molecular weight excluding hydrogens is 298 g/mol. The molecule has 118 valence electrons. The van der Waals surface area contributed by atoms with E-state index in [2.05, 4.69) is 34.0 Å². The molecule has 0 N–H and O–H groups in total. The summed E-state index contributed by atoms with van der Waals surface area (Å²) in [7, 11) is 0. The summed E-state index contributed by atoms with van der Waals surface area (Å²) in [6.07, 6.45) is 8.96. The van der Waals surface area contributed by atoms with E-state index >= 15 is 0 Å². The van der Waals surface area contributed by atoms with Crippen molar-refractivity contribution in [2.75, 3.05) is 0 Å².